The number of amides is 2. The highest BCUT2D eigenvalue weighted by molar-refractivity contribution is 7.92. The fourth-order valence-corrected chi connectivity index (χ4v) is 6.44. The summed E-state index contributed by atoms with van der Waals surface area (Å²) in [6.07, 6.45) is 0.206. The van der Waals surface area contributed by atoms with Crippen LogP contribution in [0, 0.1) is 6.92 Å². The second-order valence-corrected chi connectivity index (χ2v) is 12.4. The molecule has 0 saturated heterocycles. The minimum absolute atomic E-state index is 0.00664. The summed E-state index contributed by atoms with van der Waals surface area (Å²) >= 11 is 0. The molecule has 0 unspecified atom stereocenters. The standard InChI is InChI=1S/C35H39N3O7S/c1-25-14-17-30(18-15-25)46(41,42)38(28-16-19-32(44-4)33(22-28)45-5)24-34(39)37(23-27-12-9-13-29(20-27)43-3)31(35(40)36-2)21-26-10-7-6-8-11-26/h6-20,22,31H,21,23-24H2,1-5H3,(H,36,40)/t31-/m0/s1. The van der Waals surface area contributed by atoms with E-state index in [9.17, 15) is 18.0 Å². The molecule has 46 heavy (non-hydrogen) atoms. The van der Waals surface area contributed by atoms with Crippen LogP contribution in [0.15, 0.2) is 102 Å². The van der Waals surface area contributed by atoms with Gasteiger partial charge in [0.1, 0.15) is 18.3 Å². The first kappa shape index (κ1) is 33.9. The van der Waals surface area contributed by atoms with Crippen molar-refractivity contribution < 1.29 is 32.2 Å². The highest BCUT2D eigenvalue weighted by Gasteiger charge is 2.34. The van der Waals surface area contributed by atoms with Gasteiger partial charge in [0.2, 0.25) is 11.8 Å². The molecule has 0 aliphatic carbocycles. The van der Waals surface area contributed by atoms with Gasteiger partial charge < -0.3 is 24.4 Å². The topological polar surface area (TPSA) is 114 Å². The van der Waals surface area contributed by atoms with Crippen molar-refractivity contribution in [2.24, 2.45) is 0 Å². The van der Waals surface area contributed by atoms with Crippen molar-refractivity contribution in [2.45, 2.75) is 30.8 Å². The van der Waals surface area contributed by atoms with Crippen LogP contribution in [-0.2, 0) is 32.6 Å². The normalized spacial score (nSPS) is 11.7. The summed E-state index contributed by atoms with van der Waals surface area (Å²) in [6, 6.07) is 26.6. The molecular formula is C35H39N3O7S. The number of sulfonamides is 1. The molecule has 1 atom stereocenters. The fraction of sp³-hybridized carbons (Fsp3) is 0.257. The van der Waals surface area contributed by atoms with E-state index in [1.807, 2.05) is 43.3 Å². The summed E-state index contributed by atoms with van der Waals surface area (Å²) in [5.74, 6) is 0.292. The summed E-state index contributed by atoms with van der Waals surface area (Å²) in [7, 11) is 1.70. The zero-order chi connectivity index (χ0) is 33.3. The Morgan fingerprint density at radius 2 is 1.46 bits per heavy atom. The molecule has 4 aromatic carbocycles. The molecule has 4 rings (SSSR count). The number of nitrogens with one attached hydrogen (secondary N) is 1. The molecular weight excluding hydrogens is 606 g/mol. The Balaban J connectivity index is 1.83. The Bertz CT molecular complexity index is 1750. The Hall–Kier alpha value is -5.03. The maximum Gasteiger partial charge on any atom is 0.264 e. The lowest BCUT2D eigenvalue weighted by Gasteiger charge is -2.33. The van der Waals surface area contributed by atoms with Crippen molar-refractivity contribution in [1.82, 2.24) is 10.2 Å². The zero-order valence-corrected chi connectivity index (χ0v) is 27.4. The molecule has 0 aliphatic heterocycles. The van der Waals surface area contributed by atoms with E-state index < -0.39 is 28.5 Å². The SMILES string of the molecule is CNC(=O)[C@H](Cc1ccccc1)N(Cc1cccc(OC)c1)C(=O)CN(c1ccc(OC)c(OC)c1)S(=O)(=O)c1ccc(C)cc1. The van der Waals surface area contributed by atoms with Gasteiger partial charge >= 0.3 is 0 Å². The summed E-state index contributed by atoms with van der Waals surface area (Å²) in [6.45, 7) is 1.28. The largest absolute Gasteiger partial charge is 0.497 e. The number of aryl methyl sites for hydroxylation is 1. The number of rotatable bonds is 14. The summed E-state index contributed by atoms with van der Waals surface area (Å²) in [5.41, 5.74) is 2.61. The number of anilines is 1. The maximum absolute atomic E-state index is 14.5. The van der Waals surface area contributed by atoms with Crippen molar-refractivity contribution >= 4 is 27.5 Å². The number of carbonyl (C=O) groups excluding carboxylic acids is 2. The molecule has 0 fully saturated rings. The molecule has 1 N–H and O–H groups in total. The van der Waals surface area contributed by atoms with E-state index in [1.54, 1.807) is 49.6 Å². The van der Waals surface area contributed by atoms with Crippen LogP contribution >= 0.6 is 0 Å². The van der Waals surface area contributed by atoms with Gasteiger partial charge in [0.25, 0.3) is 10.0 Å². The number of carbonyl (C=O) groups is 2. The number of hydrogen-bond donors (Lipinski definition) is 1. The van der Waals surface area contributed by atoms with Crippen LogP contribution in [0.2, 0.25) is 0 Å². The third-order valence-electron chi connectivity index (χ3n) is 7.55. The molecule has 242 valence electrons. The molecule has 0 aromatic heterocycles. The third-order valence-corrected chi connectivity index (χ3v) is 9.34. The van der Waals surface area contributed by atoms with Crippen LogP contribution in [0.4, 0.5) is 5.69 Å². The van der Waals surface area contributed by atoms with Crippen LogP contribution in [0.1, 0.15) is 16.7 Å². The summed E-state index contributed by atoms with van der Waals surface area (Å²) in [5, 5.41) is 2.68. The zero-order valence-electron chi connectivity index (χ0n) is 26.6. The second kappa shape index (κ2) is 15.3. The van der Waals surface area contributed by atoms with Gasteiger partial charge in [0, 0.05) is 26.1 Å². The second-order valence-electron chi connectivity index (χ2n) is 10.6. The van der Waals surface area contributed by atoms with E-state index in [1.165, 1.54) is 44.4 Å². The van der Waals surface area contributed by atoms with Crippen molar-refractivity contribution in [2.75, 3.05) is 39.2 Å². The van der Waals surface area contributed by atoms with Gasteiger partial charge in [-0.15, -0.1) is 0 Å². The summed E-state index contributed by atoms with van der Waals surface area (Å²) in [4.78, 5) is 29.4. The fourth-order valence-electron chi connectivity index (χ4n) is 5.03. The molecule has 0 aliphatic rings. The lowest BCUT2D eigenvalue weighted by atomic mass is 10.0. The number of benzene rings is 4. The Morgan fingerprint density at radius 3 is 2.09 bits per heavy atom. The minimum Gasteiger partial charge on any atom is -0.497 e. The lowest BCUT2D eigenvalue weighted by Crippen LogP contribution is -2.53. The van der Waals surface area contributed by atoms with E-state index in [-0.39, 0.29) is 35.2 Å². The smallest absolute Gasteiger partial charge is 0.264 e. The van der Waals surface area contributed by atoms with Gasteiger partial charge in [-0.25, -0.2) is 8.42 Å². The van der Waals surface area contributed by atoms with Crippen LogP contribution < -0.4 is 23.8 Å². The number of hydrogen-bond acceptors (Lipinski definition) is 7. The maximum atomic E-state index is 14.5. The highest BCUT2D eigenvalue weighted by atomic mass is 32.2. The van der Waals surface area contributed by atoms with E-state index in [2.05, 4.69) is 5.32 Å². The van der Waals surface area contributed by atoms with Crippen LogP contribution in [0.25, 0.3) is 0 Å². The average Bonchev–Trinajstić information content (AvgIpc) is 3.08. The monoisotopic (exact) mass is 645 g/mol. The van der Waals surface area contributed by atoms with Crippen molar-refractivity contribution in [3.63, 3.8) is 0 Å². The molecule has 10 nitrogen and oxygen atoms in total. The van der Waals surface area contributed by atoms with Gasteiger partial charge in [0.15, 0.2) is 11.5 Å². The molecule has 0 heterocycles. The van der Waals surface area contributed by atoms with Gasteiger partial charge in [-0.3, -0.25) is 13.9 Å². The molecule has 0 radical (unpaired) electrons. The molecule has 0 bridgehead atoms. The van der Waals surface area contributed by atoms with Gasteiger partial charge in [0.05, 0.1) is 31.9 Å². The molecule has 11 heteroatoms. The highest BCUT2D eigenvalue weighted by Crippen LogP contribution is 2.34. The molecule has 0 saturated carbocycles. The van der Waals surface area contributed by atoms with Gasteiger partial charge in [-0.1, -0.05) is 60.2 Å². The summed E-state index contributed by atoms with van der Waals surface area (Å²) < 4.78 is 45.7. The Morgan fingerprint density at radius 1 is 0.783 bits per heavy atom. The average molecular weight is 646 g/mol. The quantitative estimate of drug-likeness (QED) is 0.213. The third kappa shape index (κ3) is 7.97. The first-order valence-corrected chi connectivity index (χ1v) is 16.0. The van der Waals surface area contributed by atoms with E-state index in [4.69, 9.17) is 14.2 Å². The van der Waals surface area contributed by atoms with Crippen molar-refractivity contribution in [3.8, 4) is 17.2 Å². The minimum atomic E-state index is -4.27. The predicted molar refractivity (Wildman–Crippen MR) is 177 cm³/mol. The lowest BCUT2D eigenvalue weighted by molar-refractivity contribution is -0.139. The van der Waals surface area contributed by atoms with Crippen LogP contribution in [0.5, 0.6) is 17.2 Å². The van der Waals surface area contributed by atoms with Crippen molar-refractivity contribution in [1.29, 1.82) is 0 Å². The van der Waals surface area contributed by atoms with Crippen molar-refractivity contribution in [3.05, 3.63) is 114 Å². The number of nitrogens with zero attached hydrogens (tertiary/aromatic N) is 2. The van der Waals surface area contributed by atoms with E-state index in [0.717, 1.165) is 15.4 Å². The van der Waals surface area contributed by atoms with Gasteiger partial charge in [-0.2, -0.15) is 0 Å². The van der Waals surface area contributed by atoms with E-state index >= 15 is 0 Å². The van der Waals surface area contributed by atoms with E-state index in [0.29, 0.717) is 17.1 Å². The molecule has 4 aromatic rings. The first-order chi connectivity index (χ1) is 22.1. The Kier molecular flexibility index (Phi) is 11.3. The van der Waals surface area contributed by atoms with Crippen LogP contribution in [0.3, 0.4) is 0 Å². The van der Waals surface area contributed by atoms with Crippen LogP contribution in [-0.4, -0.2) is 66.1 Å². The predicted octanol–water partition coefficient (Wildman–Crippen LogP) is 4.60. The number of likely N-dealkylation sites (N-methyl/N-ethyl adjacent to an activating group) is 1. The first-order valence-electron chi connectivity index (χ1n) is 14.6. The molecule has 0 spiro atoms. The van der Waals surface area contributed by atoms with Gasteiger partial charge in [-0.05, 0) is 54.4 Å². The number of ether oxygens (including phenoxy) is 3. The molecule has 2 amide bonds. The Labute approximate surface area is 270 Å². The number of methoxy groups -OCH3 is 3.